The number of rotatable bonds is 6. The van der Waals surface area contributed by atoms with Crippen LogP contribution in [0.15, 0.2) is 59.1 Å². The summed E-state index contributed by atoms with van der Waals surface area (Å²) in [5.41, 5.74) is 1.80. The zero-order chi connectivity index (χ0) is 16.8. The van der Waals surface area contributed by atoms with Crippen molar-refractivity contribution >= 4 is 45.7 Å². The van der Waals surface area contributed by atoms with Gasteiger partial charge in [0.1, 0.15) is 0 Å². The van der Waals surface area contributed by atoms with Crippen molar-refractivity contribution in [3.05, 3.63) is 59.1 Å². The van der Waals surface area contributed by atoms with Crippen molar-refractivity contribution in [3.8, 4) is 11.3 Å². The third-order valence-electron chi connectivity index (χ3n) is 3.11. The first-order valence-corrected chi connectivity index (χ1v) is 9.50. The average Bonchev–Trinajstić information content (AvgIpc) is 3.05. The molecule has 122 valence electrons. The van der Waals surface area contributed by atoms with E-state index in [9.17, 15) is 4.79 Å². The first kappa shape index (κ1) is 17.0. The van der Waals surface area contributed by atoms with Gasteiger partial charge in [-0.1, -0.05) is 29.8 Å². The van der Waals surface area contributed by atoms with Crippen LogP contribution in [-0.2, 0) is 4.79 Å². The topological polar surface area (TPSA) is 54.9 Å². The Bertz CT molecular complexity index is 806. The molecular weight excluding hydrogens is 362 g/mol. The van der Waals surface area contributed by atoms with Crippen molar-refractivity contribution < 1.29 is 4.79 Å². The molecular formula is C17H14ClN3OS2. The van der Waals surface area contributed by atoms with E-state index in [1.807, 2.05) is 47.8 Å². The second-order valence-electron chi connectivity index (χ2n) is 4.86. The quantitative estimate of drug-likeness (QED) is 0.617. The van der Waals surface area contributed by atoms with E-state index in [2.05, 4.69) is 15.3 Å². The zero-order valence-electron chi connectivity index (χ0n) is 12.6. The molecule has 0 bridgehead atoms. The summed E-state index contributed by atoms with van der Waals surface area (Å²) < 4.78 is 0. The third-order valence-corrected chi connectivity index (χ3v) is 5.06. The van der Waals surface area contributed by atoms with E-state index >= 15 is 0 Å². The van der Waals surface area contributed by atoms with Gasteiger partial charge in [-0.25, -0.2) is 9.97 Å². The van der Waals surface area contributed by atoms with Gasteiger partial charge >= 0.3 is 0 Å². The number of nitrogens with one attached hydrogen (secondary N) is 1. The van der Waals surface area contributed by atoms with Crippen LogP contribution in [0.25, 0.3) is 11.3 Å². The minimum atomic E-state index is -0.0459. The first-order valence-electron chi connectivity index (χ1n) is 7.26. The Labute approximate surface area is 153 Å². The minimum absolute atomic E-state index is 0.0459. The predicted molar refractivity (Wildman–Crippen MR) is 101 cm³/mol. The number of hydrogen-bond acceptors (Lipinski definition) is 5. The number of benzene rings is 1. The van der Waals surface area contributed by atoms with Gasteiger partial charge in [-0.3, -0.25) is 4.79 Å². The van der Waals surface area contributed by atoms with Gasteiger partial charge in [0.05, 0.1) is 10.7 Å². The van der Waals surface area contributed by atoms with E-state index in [4.69, 9.17) is 11.6 Å². The van der Waals surface area contributed by atoms with Crippen LogP contribution < -0.4 is 5.32 Å². The number of carbonyl (C=O) groups is 1. The molecule has 1 amide bonds. The lowest BCUT2D eigenvalue weighted by atomic mass is 10.2. The zero-order valence-corrected chi connectivity index (χ0v) is 15.0. The summed E-state index contributed by atoms with van der Waals surface area (Å²) in [5, 5.41) is 6.97. The smallest absolute Gasteiger partial charge is 0.226 e. The van der Waals surface area contributed by atoms with Crippen LogP contribution in [0, 0.1) is 0 Å². The molecule has 0 saturated carbocycles. The molecule has 4 nitrogen and oxygen atoms in total. The highest BCUT2D eigenvalue weighted by Gasteiger charge is 2.08. The highest BCUT2D eigenvalue weighted by Crippen LogP contribution is 2.26. The molecule has 0 fully saturated rings. The minimum Gasteiger partial charge on any atom is -0.302 e. The maximum absolute atomic E-state index is 12.0. The Balaban J connectivity index is 1.51. The molecule has 0 radical (unpaired) electrons. The monoisotopic (exact) mass is 375 g/mol. The van der Waals surface area contributed by atoms with E-state index in [1.165, 1.54) is 11.3 Å². The lowest BCUT2D eigenvalue weighted by Gasteiger charge is -2.02. The standard InChI is InChI=1S/C17H14ClN3OS2/c18-13-6-4-12(5-7-13)14-11-24-17(20-14)21-15(22)8-10-23-16-3-1-2-9-19-16/h1-7,9,11H,8,10H2,(H,20,21,22). The number of halogens is 1. The van der Waals surface area contributed by atoms with Gasteiger partial charge in [0.15, 0.2) is 5.13 Å². The number of amides is 1. The van der Waals surface area contributed by atoms with E-state index in [-0.39, 0.29) is 5.91 Å². The number of carbonyl (C=O) groups excluding carboxylic acids is 1. The number of thiazole rings is 1. The molecule has 0 aliphatic carbocycles. The molecule has 2 aromatic heterocycles. The van der Waals surface area contributed by atoms with Crippen LogP contribution in [0.5, 0.6) is 0 Å². The second kappa shape index (κ2) is 8.28. The molecule has 0 spiro atoms. The molecule has 0 aliphatic heterocycles. The fourth-order valence-corrected chi connectivity index (χ4v) is 3.62. The summed E-state index contributed by atoms with van der Waals surface area (Å²) in [6, 6.07) is 13.2. The molecule has 24 heavy (non-hydrogen) atoms. The number of pyridine rings is 1. The number of anilines is 1. The molecule has 0 atom stereocenters. The van der Waals surface area contributed by atoms with Gasteiger partial charge in [0.2, 0.25) is 5.91 Å². The molecule has 2 heterocycles. The fourth-order valence-electron chi connectivity index (χ4n) is 1.95. The van der Waals surface area contributed by atoms with Gasteiger partial charge in [-0.2, -0.15) is 0 Å². The van der Waals surface area contributed by atoms with E-state index in [0.717, 1.165) is 16.3 Å². The Kier molecular flexibility index (Phi) is 5.85. The largest absolute Gasteiger partial charge is 0.302 e. The van der Waals surface area contributed by atoms with Crippen molar-refractivity contribution in [1.29, 1.82) is 0 Å². The molecule has 1 N–H and O–H groups in total. The Morgan fingerprint density at radius 3 is 2.79 bits per heavy atom. The number of nitrogens with zero attached hydrogens (tertiary/aromatic N) is 2. The highest BCUT2D eigenvalue weighted by atomic mass is 35.5. The van der Waals surface area contributed by atoms with Gasteiger partial charge in [-0.15, -0.1) is 23.1 Å². The lowest BCUT2D eigenvalue weighted by Crippen LogP contribution is -2.11. The average molecular weight is 376 g/mol. The van der Waals surface area contributed by atoms with Crippen LogP contribution in [0.3, 0.4) is 0 Å². The van der Waals surface area contributed by atoms with Gasteiger partial charge in [0.25, 0.3) is 0 Å². The molecule has 0 aliphatic rings. The Hall–Kier alpha value is -1.89. The van der Waals surface area contributed by atoms with Crippen LogP contribution in [0.4, 0.5) is 5.13 Å². The van der Waals surface area contributed by atoms with Gasteiger partial charge < -0.3 is 5.32 Å². The molecule has 3 aromatic rings. The molecule has 1 aromatic carbocycles. The highest BCUT2D eigenvalue weighted by molar-refractivity contribution is 7.99. The molecule has 0 unspecified atom stereocenters. The van der Waals surface area contributed by atoms with Crippen molar-refractivity contribution in [2.75, 3.05) is 11.1 Å². The summed E-state index contributed by atoms with van der Waals surface area (Å²) >= 11 is 8.86. The maximum atomic E-state index is 12.0. The summed E-state index contributed by atoms with van der Waals surface area (Å²) in [6.07, 6.45) is 2.16. The van der Waals surface area contributed by atoms with E-state index in [1.54, 1.807) is 18.0 Å². The van der Waals surface area contributed by atoms with E-state index < -0.39 is 0 Å². The molecule has 0 saturated heterocycles. The Morgan fingerprint density at radius 2 is 2.04 bits per heavy atom. The lowest BCUT2D eigenvalue weighted by molar-refractivity contribution is -0.115. The van der Waals surface area contributed by atoms with Gasteiger partial charge in [-0.05, 0) is 24.3 Å². The van der Waals surface area contributed by atoms with Crippen LogP contribution in [0.1, 0.15) is 6.42 Å². The van der Waals surface area contributed by atoms with Crippen molar-refractivity contribution in [3.63, 3.8) is 0 Å². The number of hydrogen-bond donors (Lipinski definition) is 1. The van der Waals surface area contributed by atoms with Crippen LogP contribution in [0.2, 0.25) is 5.02 Å². The summed E-state index contributed by atoms with van der Waals surface area (Å²) in [5.74, 6) is 0.633. The normalized spacial score (nSPS) is 10.5. The third kappa shape index (κ3) is 4.80. The van der Waals surface area contributed by atoms with Crippen LogP contribution >= 0.6 is 34.7 Å². The number of thioether (sulfide) groups is 1. The fraction of sp³-hybridized carbons (Fsp3) is 0.118. The summed E-state index contributed by atoms with van der Waals surface area (Å²) in [7, 11) is 0. The van der Waals surface area contributed by atoms with Crippen molar-refractivity contribution in [1.82, 2.24) is 9.97 Å². The first-order chi connectivity index (χ1) is 11.7. The second-order valence-corrected chi connectivity index (χ2v) is 7.27. The predicted octanol–water partition coefficient (Wildman–Crippen LogP) is 4.98. The van der Waals surface area contributed by atoms with Crippen LogP contribution in [-0.4, -0.2) is 21.6 Å². The Morgan fingerprint density at radius 1 is 1.21 bits per heavy atom. The molecule has 3 rings (SSSR count). The van der Waals surface area contributed by atoms with E-state index in [0.29, 0.717) is 22.3 Å². The maximum Gasteiger partial charge on any atom is 0.226 e. The van der Waals surface area contributed by atoms with Crippen molar-refractivity contribution in [2.24, 2.45) is 0 Å². The summed E-state index contributed by atoms with van der Waals surface area (Å²) in [4.78, 5) is 20.7. The summed E-state index contributed by atoms with van der Waals surface area (Å²) in [6.45, 7) is 0. The number of aromatic nitrogens is 2. The SMILES string of the molecule is O=C(CCSc1ccccn1)Nc1nc(-c2ccc(Cl)cc2)cs1. The van der Waals surface area contributed by atoms with Crippen molar-refractivity contribution in [2.45, 2.75) is 11.4 Å². The van der Waals surface area contributed by atoms with Gasteiger partial charge in [0, 0.05) is 34.3 Å². The molecule has 7 heteroatoms.